The fourth-order valence-corrected chi connectivity index (χ4v) is 2.47. The Kier molecular flexibility index (Phi) is 6.27. The largest absolute Gasteiger partial charge is 0.399 e. The molecule has 0 heterocycles. The molecule has 0 bridgehead atoms. The van der Waals surface area contributed by atoms with Crippen molar-refractivity contribution in [2.75, 3.05) is 24.7 Å². The molecule has 1 aromatic rings. The van der Waals surface area contributed by atoms with E-state index in [0.717, 1.165) is 16.9 Å². The summed E-state index contributed by atoms with van der Waals surface area (Å²) < 4.78 is 0. The van der Waals surface area contributed by atoms with Crippen molar-refractivity contribution in [1.29, 1.82) is 0 Å². The van der Waals surface area contributed by atoms with Crippen LogP contribution in [0.5, 0.6) is 0 Å². The summed E-state index contributed by atoms with van der Waals surface area (Å²) >= 11 is 0. The predicted octanol–water partition coefficient (Wildman–Crippen LogP) is 3.36. The molecule has 1 aromatic carbocycles. The van der Waals surface area contributed by atoms with E-state index in [4.69, 9.17) is 5.73 Å². The van der Waals surface area contributed by atoms with Crippen LogP contribution in [0.2, 0.25) is 0 Å². The van der Waals surface area contributed by atoms with Crippen molar-refractivity contribution < 1.29 is 4.79 Å². The van der Waals surface area contributed by atoms with Crippen molar-refractivity contribution in [1.82, 2.24) is 4.90 Å². The van der Waals surface area contributed by atoms with Crippen LogP contribution in [0.15, 0.2) is 18.2 Å². The third-order valence-electron chi connectivity index (χ3n) is 4.16. The van der Waals surface area contributed by atoms with Crippen LogP contribution in [-0.2, 0) is 11.3 Å². The van der Waals surface area contributed by atoms with Gasteiger partial charge in [-0.3, -0.25) is 4.79 Å². The first-order chi connectivity index (χ1) is 10.1. The Balaban J connectivity index is 3.19. The molecule has 0 fully saturated rings. The Morgan fingerprint density at radius 2 is 1.73 bits per heavy atom. The molecule has 2 N–H and O–H groups in total. The third-order valence-corrected chi connectivity index (χ3v) is 4.16. The van der Waals surface area contributed by atoms with E-state index in [0.29, 0.717) is 12.5 Å². The maximum atomic E-state index is 12.6. The molecule has 0 aliphatic heterocycles. The lowest BCUT2D eigenvalue weighted by atomic mass is 10.0. The topological polar surface area (TPSA) is 49.6 Å². The molecule has 4 nitrogen and oxygen atoms in total. The number of carbonyl (C=O) groups excluding carboxylic acids is 1. The van der Waals surface area contributed by atoms with Crippen LogP contribution in [0.25, 0.3) is 0 Å². The Morgan fingerprint density at radius 1 is 1.14 bits per heavy atom. The second-order valence-corrected chi connectivity index (χ2v) is 6.89. The second-order valence-electron chi connectivity index (χ2n) is 6.89. The first kappa shape index (κ1) is 18.3. The summed E-state index contributed by atoms with van der Waals surface area (Å²) in [6.07, 6.45) is 0. The number of amides is 1. The van der Waals surface area contributed by atoms with Gasteiger partial charge in [0, 0.05) is 44.0 Å². The minimum absolute atomic E-state index is 0.00920. The van der Waals surface area contributed by atoms with Crippen LogP contribution < -0.4 is 10.6 Å². The lowest BCUT2D eigenvalue weighted by molar-refractivity contribution is -0.138. The number of hydrogen-bond donors (Lipinski definition) is 1. The molecular weight excluding hydrogens is 274 g/mol. The first-order valence-corrected chi connectivity index (χ1v) is 8.01. The second kappa shape index (κ2) is 7.52. The zero-order chi connectivity index (χ0) is 17.0. The van der Waals surface area contributed by atoms with E-state index in [9.17, 15) is 4.79 Å². The maximum Gasteiger partial charge on any atom is 0.225 e. The molecule has 0 saturated carbocycles. The van der Waals surface area contributed by atoms with Crippen molar-refractivity contribution >= 4 is 17.3 Å². The number of carbonyl (C=O) groups is 1. The smallest absolute Gasteiger partial charge is 0.225 e. The molecule has 0 spiro atoms. The Bertz CT molecular complexity index is 509. The van der Waals surface area contributed by atoms with E-state index in [2.05, 4.69) is 25.7 Å². The lowest BCUT2D eigenvalue weighted by Crippen LogP contribution is -2.43. The number of anilines is 2. The normalized spacial score (nSPS) is 12.6. The number of hydrogen-bond acceptors (Lipinski definition) is 3. The van der Waals surface area contributed by atoms with Gasteiger partial charge in [0.05, 0.1) is 0 Å². The van der Waals surface area contributed by atoms with E-state index in [1.165, 1.54) is 0 Å². The van der Waals surface area contributed by atoms with Crippen LogP contribution in [0, 0.1) is 11.8 Å². The van der Waals surface area contributed by atoms with Crippen LogP contribution in [0.1, 0.15) is 40.2 Å². The molecule has 1 rings (SSSR count). The van der Waals surface area contributed by atoms with Crippen molar-refractivity contribution in [3.8, 4) is 0 Å². The van der Waals surface area contributed by atoms with Gasteiger partial charge in [-0.1, -0.05) is 27.7 Å². The zero-order valence-corrected chi connectivity index (χ0v) is 15.1. The average molecular weight is 305 g/mol. The fourth-order valence-electron chi connectivity index (χ4n) is 2.47. The molecule has 0 saturated heterocycles. The summed E-state index contributed by atoms with van der Waals surface area (Å²) in [7, 11) is 4.02. The van der Waals surface area contributed by atoms with Gasteiger partial charge in [0.25, 0.3) is 0 Å². The highest BCUT2D eigenvalue weighted by Gasteiger charge is 2.25. The SMILES string of the molecule is CC(C)C(=O)N(Cc1cc(N)ccc1N(C)C)C(C)C(C)C. The van der Waals surface area contributed by atoms with Gasteiger partial charge in [-0.15, -0.1) is 0 Å². The summed E-state index contributed by atoms with van der Waals surface area (Å²) in [6.45, 7) is 10.9. The summed E-state index contributed by atoms with van der Waals surface area (Å²) in [5.41, 5.74) is 8.88. The molecule has 0 radical (unpaired) electrons. The van der Waals surface area contributed by atoms with Crippen LogP contribution in [0.4, 0.5) is 11.4 Å². The first-order valence-electron chi connectivity index (χ1n) is 8.01. The molecule has 0 aromatic heterocycles. The fraction of sp³-hybridized carbons (Fsp3) is 0.611. The van der Waals surface area contributed by atoms with Crippen molar-refractivity contribution in [3.05, 3.63) is 23.8 Å². The Hall–Kier alpha value is -1.71. The molecule has 1 unspecified atom stereocenters. The summed E-state index contributed by atoms with van der Waals surface area (Å²) in [6, 6.07) is 6.08. The predicted molar refractivity (Wildman–Crippen MR) is 94.9 cm³/mol. The summed E-state index contributed by atoms with van der Waals surface area (Å²) in [5, 5.41) is 0. The number of benzene rings is 1. The number of rotatable bonds is 6. The molecule has 124 valence electrons. The Labute approximate surface area is 135 Å². The summed E-state index contributed by atoms with van der Waals surface area (Å²) in [4.78, 5) is 16.7. The monoisotopic (exact) mass is 305 g/mol. The van der Waals surface area contributed by atoms with Gasteiger partial charge >= 0.3 is 0 Å². The van der Waals surface area contributed by atoms with Crippen molar-refractivity contribution in [2.45, 2.75) is 47.2 Å². The molecule has 4 heteroatoms. The van der Waals surface area contributed by atoms with Gasteiger partial charge in [0.2, 0.25) is 5.91 Å². The average Bonchev–Trinajstić information content (AvgIpc) is 2.42. The highest BCUT2D eigenvalue weighted by Crippen LogP contribution is 2.26. The quantitative estimate of drug-likeness (QED) is 0.820. The van der Waals surface area contributed by atoms with Crippen molar-refractivity contribution in [2.24, 2.45) is 11.8 Å². The molecule has 1 amide bonds. The van der Waals surface area contributed by atoms with E-state index in [1.54, 1.807) is 0 Å². The Morgan fingerprint density at radius 3 is 2.18 bits per heavy atom. The molecule has 0 aliphatic carbocycles. The number of nitrogens with two attached hydrogens (primary N) is 1. The van der Waals surface area contributed by atoms with Gasteiger partial charge in [0.15, 0.2) is 0 Å². The van der Waals surface area contributed by atoms with Gasteiger partial charge in [-0.25, -0.2) is 0 Å². The van der Waals surface area contributed by atoms with E-state index < -0.39 is 0 Å². The van der Waals surface area contributed by atoms with Crippen molar-refractivity contribution in [3.63, 3.8) is 0 Å². The maximum absolute atomic E-state index is 12.6. The van der Waals surface area contributed by atoms with E-state index in [1.807, 2.05) is 51.0 Å². The van der Waals surface area contributed by atoms with E-state index >= 15 is 0 Å². The third kappa shape index (κ3) is 4.39. The van der Waals surface area contributed by atoms with Gasteiger partial charge in [-0.05, 0) is 36.6 Å². The molecular formula is C18H31N3O. The highest BCUT2D eigenvalue weighted by molar-refractivity contribution is 5.78. The van der Waals surface area contributed by atoms with Gasteiger partial charge < -0.3 is 15.5 Å². The number of nitrogen functional groups attached to an aromatic ring is 1. The van der Waals surface area contributed by atoms with Gasteiger partial charge in [-0.2, -0.15) is 0 Å². The molecule has 0 aliphatic rings. The highest BCUT2D eigenvalue weighted by atomic mass is 16.2. The van der Waals surface area contributed by atoms with E-state index in [-0.39, 0.29) is 17.9 Å². The molecule has 1 atom stereocenters. The minimum Gasteiger partial charge on any atom is -0.399 e. The minimum atomic E-state index is -0.00920. The molecule has 22 heavy (non-hydrogen) atoms. The van der Waals surface area contributed by atoms with Crippen LogP contribution in [-0.4, -0.2) is 30.9 Å². The lowest BCUT2D eigenvalue weighted by Gasteiger charge is -2.34. The van der Waals surface area contributed by atoms with Crippen LogP contribution >= 0.6 is 0 Å². The number of nitrogens with zero attached hydrogens (tertiary/aromatic N) is 2. The summed E-state index contributed by atoms with van der Waals surface area (Å²) in [5.74, 6) is 0.588. The zero-order valence-electron chi connectivity index (χ0n) is 15.1. The standard InChI is InChI=1S/C18H31N3O/c1-12(2)14(5)21(18(22)13(3)4)11-15-10-16(19)8-9-17(15)20(6)7/h8-10,12-14H,11,19H2,1-7H3. The van der Waals surface area contributed by atoms with Gasteiger partial charge in [0.1, 0.15) is 0 Å². The van der Waals surface area contributed by atoms with Crippen LogP contribution in [0.3, 0.4) is 0 Å².